The maximum absolute atomic E-state index is 12.5. The number of hydrogen-bond acceptors (Lipinski definition) is 3. The van der Waals surface area contributed by atoms with Crippen molar-refractivity contribution in [2.24, 2.45) is 0 Å². The number of rotatable bonds is 7. The Morgan fingerprint density at radius 2 is 1.70 bits per heavy atom. The summed E-state index contributed by atoms with van der Waals surface area (Å²) < 4.78 is 43.1. The van der Waals surface area contributed by atoms with E-state index >= 15 is 0 Å². The Balaban J connectivity index is 1.94. The molecular weight excluding hydrogens is 305 g/mol. The van der Waals surface area contributed by atoms with Crippen LogP contribution in [0.3, 0.4) is 0 Å². The normalized spacial score (nSPS) is 11.5. The first-order valence-electron chi connectivity index (χ1n) is 7.63. The second-order valence-electron chi connectivity index (χ2n) is 5.22. The zero-order valence-electron chi connectivity index (χ0n) is 12.9. The molecule has 2 rings (SSSR count). The highest BCUT2D eigenvalue weighted by atomic mass is 19.4. The van der Waals surface area contributed by atoms with E-state index in [1.54, 1.807) is 0 Å². The number of ether oxygens (including phenoxy) is 1. The van der Waals surface area contributed by atoms with Crippen LogP contribution in [0.5, 0.6) is 5.88 Å². The summed E-state index contributed by atoms with van der Waals surface area (Å²) in [6.07, 6.45) is 3.10. The molecule has 0 aliphatic heterocycles. The van der Waals surface area contributed by atoms with Crippen molar-refractivity contribution in [2.75, 3.05) is 6.61 Å². The molecule has 0 unspecified atom stereocenters. The number of nitrogens with zero attached hydrogens (tertiary/aromatic N) is 2. The molecule has 23 heavy (non-hydrogen) atoms. The average molecular weight is 324 g/mol. The lowest BCUT2D eigenvalue weighted by Gasteiger charge is -2.08. The molecule has 0 atom stereocenters. The van der Waals surface area contributed by atoms with Crippen LogP contribution in [0.4, 0.5) is 13.2 Å². The molecule has 3 nitrogen and oxygen atoms in total. The van der Waals surface area contributed by atoms with E-state index in [4.69, 9.17) is 4.74 Å². The predicted octanol–water partition coefficient (Wildman–Crippen LogP) is 5.12. The molecule has 0 saturated carbocycles. The van der Waals surface area contributed by atoms with Gasteiger partial charge in [-0.1, -0.05) is 38.3 Å². The van der Waals surface area contributed by atoms with Crippen molar-refractivity contribution in [1.82, 2.24) is 9.97 Å². The van der Waals surface area contributed by atoms with Gasteiger partial charge < -0.3 is 4.74 Å². The van der Waals surface area contributed by atoms with Gasteiger partial charge >= 0.3 is 6.18 Å². The molecule has 0 N–H and O–H groups in total. The Bertz CT molecular complexity index is 595. The molecule has 0 saturated heterocycles. The van der Waals surface area contributed by atoms with Gasteiger partial charge in [0.05, 0.1) is 30.3 Å². The minimum absolute atomic E-state index is 0.428. The second-order valence-corrected chi connectivity index (χ2v) is 5.22. The van der Waals surface area contributed by atoms with E-state index in [1.165, 1.54) is 37.4 Å². The van der Waals surface area contributed by atoms with Gasteiger partial charge in [0.2, 0.25) is 5.88 Å². The van der Waals surface area contributed by atoms with E-state index < -0.39 is 11.7 Å². The van der Waals surface area contributed by atoms with Crippen molar-refractivity contribution in [1.29, 1.82) is 0 Å². The van der Waals surface area contributed by atoms with Gasteiger partial charge in [0, 0.05) is 5.56 Å². The second kappa shape index (κ2) is 7.94. The van der Waals surface area contributed by atoms with Crippen molar-refractivity contribution < 1.29 is 17.9 Å². The highest BCUT2D eigenvalue weighted by Crippen LogP contribution is 2.30. The van der Waals surface area contributed by atoms with Gasteiger partial charge in [0.15, 0.2) is 0 Å². The molecule has 1 aromatic carbocycles. The van der Waals surface area contributed by atoms with Crippen molar-refractivity contribution in [3.8, 4) is 17.1 Å². The number of unbranched alkanes of at least 4 members (excludes halogenated alkanes) is 3. The molecular formula is C17H19F3N2O. The Hall–Kier alpha value is -2.11. The highest BCUT2D eigenvalue weighted by Gasteiger charge is 2.29. The van der Waals surface area contributed by atoms with Gasteiger partial charge in [0.25, 0.3) is 0 Å². The topological polar surface area (TPSA) is 35.0 Å². The predicted molar refractivity (Wildman–Crippen MR) is 82.1 cm³/mol. The summed E-state index contributed by atoms with van der Waals surface area (Å²) in [5, 5.41) is 0. The average Bonchev–Trinajstić information content (AvgIpc) is 2.55. The van der Waals surface area contributed by atoms with E-state index in [1.807, 2.05) is 0 Å². The van der Waals surface area contributed by atoms with Crippen LogP contribution >= 0.6 is 0 Å². The molecule has 1 aromatic heterocycles. The summed E-state index contributed by atoms with van der Waals surface area (Å²) in [4.78, 5) is 8.32. The molecule has 0 fully saturated rings. The summed E-state index contributed by atoms with van der Waals surface area (Å²) in [6.45, 7) is 2.74. The van der Waals surface area contributed by atoms with Gasteiger partial charge in [0.1, 0.15) is 0 Å². The van der Waals surface area contributed by atoms with Gasteiger partial charge in [-0.2, -0.15) is 13.2 Å². The van der Waals surface area contributed by atoms with Gasteiger partial charge in [-0.25, -0.2) is 9.97 Å². The van der Waals surface area contributed by atoms with E-state index in [-0.39, 0.29) is 0 Å². The minimum atomic E-state index is -4.33. The molecule has 1 heterocycles. The first kappa shape index (κ1) is 17.2. The standard InChI is InChI=1S/C17H19F3N2O/c1-2-3-4-5-10-23-16-12-21-15(11-22-16)13-6-8-14(9-7-13)17(18,19)20/h6-9,11-12H,2-5,10H2,1H3. The van der Waals surface area contributed by atoms with E-state index in [2.05, 4.69) is 16.9 Å². The molecule has 0 aliphatic rings. The van der Waals surface area contributed by atoms with Gasteiger partial charge in [-0.15, -0.1) is 0 Å². The first-order valence-corrected chi connectivity index (χ1v) is 7.63. The zero-order valence-corrected chi connectivity index (χ0v) is 12.9. The highest BCUT2D eigenvalue weighted by molar-refractivity contribution is 5.58. The maximum Gasteiger partial charge on any atom is 0.416 e. The lowest BCUT2D eigenvalue weighted by molar-refractivity contribution is -0.137. The van der Waals surface area contributed by atoms with E-state index in [9.17, 15) is 13.2 Å². The van der Waals surface area contributed by atoms with Crippen LogP contribution in [-0.2, 0) is 6.18 Å². The number of hydrogen-bond donors (Lipinski definition) is 0. The van der Waals surface area contributed by atoms with Gasteiger partial charge in [-0.05, 0) is 18.6 Å². The van der Waals surface area contributed by atoms with Crippen molar-refractivity contribution >= 4 is 0 Å². The third kappa shape index (κ3) is 5.23. The minimum Gasteiger partial charge on any atom is -0.477 e. The van der Waals surface area contributed by atoms with Crippen LogP contribution in [0.25, 0.3) is 11.3 Å². The summed E-state index contributed by atoms with van der Waals surface area (Å²) in [7, 11) is 0. The SMILES string of the molecule is CCCCCCOc1cnc(-c2ccc(C(F)(F)F)cc2)cn1. The number of benzene rings is 1. The molecule has 0 radical (unpaired) electrons. The first-order chi connectivity index (χ1) is 11.0. The number of alkyl halides is 3. The molecule has 0 aliphatic carbocycles. The van der Waals surface area contributed by atoms with E-state index in [0.717, 1.165) is 25.0 Å². The van der Waals surface area contributed by atoms with E-state index in [0.29, 0.717) is 23.7 Å². The molecule has 0 amide bonds. The lowest BCUT2D eigenvalue weighted by Crippen LogP contribution is -2.04. The van der Waals surface area contributed by atoms with Crippen LogP contribution in [0, 0.1) is 0 Å². The zero-order chi connectivity index (χ0) is 16.7. The fourth-order valence-electron chi connectivity index (χ4n) is 2.08. The lowest BCUT2D eigenvalue weighted by atomic mass is 10.1. The Morgan fingerprint density at radius 3 is 2.26 bits per heavy atom. The van der Waals surface area contributed by atoms with Crippen LogP contribution < -0.4 is 4.74 Å². The molecule has 0 bridgehead atoms. The molecule has 124 valence electrons. The van der Waals surface area contributed by atoms with Crippen LogP contribution in [0.1, 0.15) is 38.2 Å². The third-order valence-electron chi connectivity index (χ3n) is 3.38. The van der Waals surface area contributed by atoms with Crippen LogP contribution in [0.2, 0.25) is 0 Å². The number of aromatic nitrogens is 2. The summed E-state index contributed by atoms with van der Waals surface area (Å²) >= 11 is 0. The smallest absolute Gasteiger partial charge is 0.416 e. The molecule has 2 aromatic rings. The largest absolute Gasteiger partial charge is 0.477 e. The van der Waals surface area contributed by atoms with Crippen LogP contribution in [0.15, 0.2) is 36.7 Å². The van der Waals surface area contributed by atoms with Gasteiger partial charge in [-0.3, -0.25) is 0 Å². The van der Waals surface area contributed by atoms with Crippen LogP contribution in [-0.4, -0.2) is 16.6 Å². The van der Waals surface area contributed by atoms with Crippen molar-refractivity contribution in [3.63, 3.8) is 0 Å². The molecule has 6 heteroatoms. The summed E-state index contributed by atoms with van der Waals surface area (Å²) in [5.74, 6) is 0.428. The number of halogens is 3. The Morgan fingerprint density at radius 1 is 0.957 bits per heavy atom. The Labute approximate surface area is 133 Å². The Kier molecular flexibility index (Phi) is 5.96. The van der Waals surface area contributed by atoms with Crippen molar-refractivity contribution in [3.05, 3.63) is 42.2 Å². The quantitative estimate of drug-likeness (QED) is 0.663. The fourth-order valence-corrected chi connectivity index (χ4v) is 2.08. The van der Waals surface area contributed by atoms with Crippen molar-refractivity contribution in [2.45, 2.75) is 38.8 Å². The summed E-state index contributed by atoms with van der Waals surface area (Å²) in [5.41, 5.74) is 0.415. The summed E-state index contributed by atoms with van der Waals surface area (Å²) in [6, 6.07) is 4.85. The third-order valence-corrected chi connectivity index (χ3v) is 3.38. The fraction of sp³-hybridized carbons (Fsp3) is 0.412. The molecule has 0 spiro atoms. The maximum atomic E-state index is 12.5. The monoisotopic (exact) mass is 324 g/mol.